The average Bonchev–Trinajstić information content (AvgIpc) is 2.53. The van der Waals surface area contributed by atoms with Gasteiger partial charge in [0, 0.05) is 17.5 Å². The van der Waals surface area contributed by atoms with Crippen LogP contribution in [0.15, 0.2) is 14.7 Å². The molecule has 0 amide bonds. The van der Waals surface area contributed by atoms with Crippen LogP contribution in [0.2, 0.25) is 0 Å². The quantitative estimate of drug-likeness (QED) is 0.872. The van der Waals surface area contributed by atoms with Crippen LogP contribution in [0.25, 0.3) is 0 Å². The SMILES string of the molecule is Cc1sc(Br)cc1S(=O)(=O)NC(CN)C(C)(C)C. The monoisotopic (exact) mass is 354 g/mol. The van der Waals surface area contributed by atoms with Gasteiger partial charge in [0.25, 0.3) is 0 Å². The maximum atomic E-state index is 12.3. The van der Waals surface area contributed by atoms with E-state index in [1.165, 1.54) is 11.3 Å². The van der Waals surface area contributed by atoms with Gasteiger partial charge < -0.3 is 5.73 Å². The Morgan fingerprint density at radius 3 is 2.39 bits per heavy atom. The Morgan fingerprint density at radius 1 is 1.50 bits per heavy atom. The fourth-order valence-electron chi connectivity index (χ4n) is 1.53. The first-order valence-electron chi connectivity index (χ1n) is 5.56. The first-order chi connectivity index (χ1) is 8.08. The van der Waals surface area contributed by atoms with Gasteiger partial charge in [-0.15, -0.1) is 11.3 Å². The fourth-order valence-corrected chi connectivity index (χ4v) is 5.40. The zero-order valence-electron chi connectivity index (χ0n) is 11.0. The van der Waals surface area contributed by atoms with Crippen LogP contribution in [-0.4, -0.2) is 21.0 Å². The molecule has 1 atom stereocenters. The molecule has 0 aromatic carbocycles. The van der Waals surface area contributed by atoms with E-state index in [4.69, 9.17) is 5.73 Å². The van der Waals surface area contributed by atoms with Crippen molar-refractivity contribution in [2.75, 3.05) is 6.54 Å². The molecule has 0 aliphatic carbocycles. The molecule has 1 rings (SSSR count). The summed E-state index contributed by atoms with van der Waals surface area (Å²) < 4.78 is 28.1. The highest BCUT2D eigenvalue weighted by molar-refractivity contribution is 9.11. The predicted molar refractivity (Wildman–Crippen MR) is 79.4 cm³/mol. The Kier molecular flexibility index (Phi) is 4.99. The van der Waals surface area contributed by atoms with Gasteiger partial charge in [-0.05, 0) is 34.3 Å². The molecular weight excluding hydrogens is 336 g/mol. The summed E-state index contributed by atoms with van der Waals surface area (Å²) in [4.78, 5) is 1.08. The molecule has 0 spiro atoms. The van der Waals surface area contributed by atoms with Crippen LogP contribution >= 0.6 is 27.3 Å². The molecule has 7 heteroatoms. The predicted octanol–water partition coefficient (Wildman–Crippen LogP) is 2.47. The summed E-state index contributed by atoms with van der Waals surface area (Å²) in [6.45, 7) is 7.95. The van der Waals surface area contributed by atoms with Gasteiger partial charge >= 0.3 is 0 Å². The smallest absolute Gasteiger partial charge is 0.242 e. The standard InChI is InChI=1S/C11H19BrN2O2S2/c1-7-8(5-10(12)17-7)18(15,16)14-9(6-13)11(2,3)4/h5,9,14H,6,13H2,1-4H3. The highest BCUT2D eigenvalue weighted by atomic mass is 79.9. The summed E-state index contributed by atoms with van der Waals surface area (Å²) in [5.41, 5.74) is 5.43. The summed E-state index contributed by atoms with van der Waals surface area (Å²) in [5.74, 6) is 0. The second-order valence-electron chi connectivity index (χ2n) is 5.25. The normalized spacial score (nSPS) is 14.8. The lowest BCUT2D eigenvalue weighted by atomic mass is 9.88. The van der Waals surface area contributed by atoms with Gasteiger partial charge in [0.05, 0.1) is 8.68 Å². The minimum absolute atomic E-state index is 0.219. The van der Waals surface area contributed by atoms with Gasteiger partial charge in [-0.2, -0.15) is 0 Å². The Hall–Kier alpha value is 0.0500. The second kappa shape index (κ2) is 5.58. The molecule has 18 heavy (non-hydrogen) atoms. The molecule has 3 N–H and O–H groups in total. The maximum Gasteiger partial charge on any atom is 0.242 e. The molecule has 1 aromatic rings. The lowest BCUT2D eigenvalue weighted by Crippen LogP contribution is -2.48. The molecular formula is C11H19BrN2O2S2. The number of nitrogens with two attached hydrogens (primary N) is 1. The molecule has 1 heterocycles. The average molecular weight is 355 g/mol. The van der Waals surface area contributed by atoms with Gasteiger partial charge in [0.2, 0.25) is 10.0 Å². The van der Waals surface area contributed by atoms with Crippen molar-refractivity contribution in [1.29, 1.82) is 0 Å². The molecule has 0 saturated carbocycles. The van der Waals surface area contributed by atoms with Crippen LogP contribution in [0.1, 0.15) is 25.6 Å². The number of nitrogens with one attached hydrogen (secondary N) is 1. The van der Waals surface area contributed by atoms with Crippen LogP contribution in [-0.2, 0) is 10.0 Å². The zero-order chi connectivity index (χ0) is 14.1. The maximum absolute atomic E-state index is 12.3. The minimum atomic E-state index is -3.51. The van der Waals surface area contributed by atoms with Crippen molar-refractivity contribution < 1.29 is 8.42 Å². The van der Waals surface area contributed by atoms with E-state index in [2.05, 4.69) is 20.7 Å². The second-order valence-corrected chi connectivity index (χ2v) is 9.56. The van der Waals surface area contributed by atoms with Gasteiger partial charge in [0.15, 0.2) is 0 Å². The van der Waals surface area contributed by atoms with E-state index in [1.54, 1.807) is 13.0 Å². The van der Waals surface area contributed by atoms with Crippen molar-refractivity contribution in [2.45, 2.75) is 38.6 Å². The van der Waals surface area contributed by atoms with E-state index in [9.17, 15) is 8.42 Å². The fraction of sp³-hybridized carbons (Fsp3) is 0.636. The van der Waals surface area contributed by atoms with E-state index in [-0.39, 0.29) is 18.0 Å². The number of hydrogen-bond donors (Lipinski definition) is 2. The molecule has 0 aliphatic rings. The Morgan fingerprint density at radius 2 is 2.06 bits per heavy atom. The molecule has 0 saturated heterocycles. The van der Waals surface area contributed by atoms with Crippen LogP contribution in [0.4, 0.5) is 0 Å². The Labute approximate surface area is 121 Å². The number of hydrogen-bond acceptors (Lipinski definition) is 4. The largest absolute Gasteiger partial charge is 0.329 e. The summed E-state index contributed by atoms with van der Waals surface area (Å²) >= 11 is 4.70. The molecule has 0 radical (unpaired) electrons. The number of rotatable bonds is 4. The van der Waals surface area contributed by atoms with Gasteiger partial charge in [0.1, 0.15) is 0 Å². The number of halogens is 1. The van der Waals surface area contributed by atoms with Crippen molar-refractivity contribution in [3.63, 3.8) is 0 Å². The third kappa shape index (κ3) is 3.77. The molecule has 1 aromatic heterocycles. The van der Waals surface area contributed by atoms with E-state index in [0.29, 0.717) is 4.90 Å². The van der Waals surface area contributed by atoms with E-state index in [0.717, 1.165) is 8.66 Å². The van der Waals surface area contributed by atoms with Gasteiger partial charge in [-0.1, -0.05) is 20.8 Å². The minimum Gasteiger partial charge on any atom is -0.329 e. The van der Waals surface area contributed by atoms with Crippen LogP contribution in [0.3, 0.4) is 0 Å². The number of thiophene rings is 1. The summed E-state index contributed by atoms with van der Waals surface area (Å²) in [5, 5.41) is 0. The van der Waals surface area contributed by atoms with E-state index in [1.807, 2.05) is 20.8 Å². The van der Waals surface area contributed by atoms with Crippen LogP contribution in [0, 0.1) is 12.3 Å². The molecule has 0 aliphatic heterocycles. The van der Waals surface area contributed by atoms with Gasteiger partial charge in [-0.25, -0.2) is 13.1 Å². The zero-order valence-corrected chi connectivity index (χ0v) is 14.2. The third-order valence-electron chi connectivity index (χ3n) is 2.71. The van der Waals surface area contributed by atoms with Crippen molar-refractivity contribution in [2.24, 2.45) is 11.1 Å². The first-order valence-corrected chi connectivity index (χ1v) is 8.65. The van der Waals surface area contributed by atoms with E-state index < -0.39 is 10.0 Å². The lowest BCUT2D eigenvalue weighted by molar-refractivity contribution is 0.304. The van der Waals surface area contributed by atoms with Gasteiger partial charge in [-0.3, -0.25) is 0 Å². The Bertz CT molecular complexity index is 518. The molecule has 0 fully saturated rings. The highest BCUT2D eigenvalue weighted by Gasteiger charge is 2.29. The third-order valence-corrected chi connectivity index (χ3v) is 5.99. The van der Waals surface area contributed by atoms with Crippen molar-refractivity contribution in [3.8, 4) is 0 Å². The van der Waals surface area contributed by atoms with Crippen molar-refractivity contribution in [3.05, 3.63) is 14.7 Å². The molecule has 104 valence electrons. The Balaban J connectivity index is 3.05. The molecule has 1 unspecified atom stereocenters. The molecule has 4 nitrogen and oxygen atoms in total. The van der Waals surface area contributed by atoms with E-state index >= 15 is 0 Å². The topological polar surface area (TPSA) is 72.2 Å². The first kappa shape index (κ1) is 16.1. The van der Waals surface area contributed by atoms with Crippen molar-refractivity contribution in [1.82, 2.24) is 4.72 Å². The molecule has 0 bridgehead atoms. The highest BCUT2D eigenvalue weighted by Crippen LogP contribution is 2.30. The number of aryl methyl sites for hydroxylation is 1. The van der Waals surface area contributed by atoms with Crippen molar-refractivity contribution >= 4 is 37.3 Å². The van der Waals surface area contributed by atoms with Crippen LogP contribution < -0.4 is 10.5 Å². The van der Waals surface area contributed by atoms with Crippen LogP contribution in [0.5, 0.6) is 0 Å². The number of sulfonamides is 1. The summed E-state index contributed by atoms with van der Waals surface area (Å²) in [6.07, 6.45) is 0. The lowest BCUT2D eigenvalue weighted by Gasteiger charge is -2.30. The summed E-state index contributed by atoms with van der Waals surface area (Å²) in [7, 11) is -3.51. The summed E-state index contributed by atoms with van der Waals surface area (Å²) in [6, 6.07) is 1.33.